The van der Waals surface area contributed by atoms with Crippen LogP contribution in [0.1, 0.15) is 10.4 Å². The SMILES string of the molecule is COc1cc(C(=O)Nc2cccc([N+](=O)[O-])c2)c(N(C)S(C)(=O)=O)cc1OC. The fraction of sp³-hybridized carbons (Fsp3) is 0.235. The van der Waals surface area contributed by atoms with Gasteiger partial charge in [-0.15, -0.1) is 0 Å². The molecule has 1 amide bonds. The first kappa shape index (κ1) is 21.0. The normalized spacial score (nSPS) is 10.9. The van der Waals surface area contributed by atoms with Gasteiger partial charge in [0.15, 0.2) is 11.5 Å². The van der Waals surface area contributed by atoms with E-state index in [1.54, 1.807) is 0 Å². The third-order valence-electron chi connectivity index (χ3n) is 3.90. The van der Waals surface area contributed by atoms with E-state index < -0.39 is 20.9 Å². The molecule has 2 aromatic rings. The molecule has 2 aromatic carbocycles. The average molecular weight is 409 g/mol. The van der Waals surface area contributed by atoms with E-state index in [-0.39, 0.29) is 34.1 Å². The van der Waals surface area contributed by atoms with Crippen LogP contribution >= 0.6 is 0 Å². The third kappa shape index (κ3) is 4.49. The molecule has 0 saturated heterocycles. The van der Waals surface area contributed by atoms with Gasteiger partial charge in [0.25, 0.3) is 11.6 Å². The van der Waals surface area contributed by atoms with E-state index in [4.69, 9.17) is 9.47 Å². The molecule has 0 atom stereocenters. The Balaban J connectivity index is 2.54. The van der Waals surface area contributed by atoms with E-state index >= 15 is 0 Å². The van der Waals surface area contributed by atoms with Crippen molar-refractivity contribution >= 4 is 33.0 Å². The number of non-ortho nitro benzene ring substituents is 1. The molecule has 0 unspecified atom stereocenters. The molecule has 0 bridgehead atoms. The van der Waals surface area contributed by atoms with Crippen LogP contribution in [-0.2, 0) is 10.0 Å². The topological polar surface area (TPSA) is 128 Å². The molecule has 0 saturated carbocycles. The molecule has 0 fully saturated rings. The number of nitrogens with one attached hydrogen (secondary N) is 1. The van der Waals surface area contributed by atoms with E-state index in [9.17, 15) is 23.3 Å². The lowest BCUT2D eigenvalue weighted by Gasteiger charge is -2.22. The lowest BCUT2D eigenvalue weighted by atomic mass is 10.1. The molecule has 0 aliphatic rings. The molecule has 28 heavy (non-hydrogen) atoms. The Kier molecular flexibility index (Phi) is 6.09. The molecule has 0 heterocycles. The highest BCUT2D eigenvalue weighted by Gasteiger charge is 2.24. The summed E-state index contributed by atoms with van der Waals surface area (Å²) in [5.74, 6) is -0.218. The number of amides is 1. The summed E-state index contributed by atoms with van der Waals surface area (Å²) >= 11 is 0. The zero-order chi connectivity index (χ0) is 21.1. The van der Waals surface area contributed by atoms with Crippen molar-refractivity contribution in [1.29, 1.82) is 0 Å². The number of benzene rings is 2. The molecule has 0 spiro atoms. The van der Waals surface area contributed by atoms with Gasteiger partial charge in [0.2, 0.25) is 10.0 Å². The summed E-state index contributed by atoms with van der Waals surface area (Å²) < 4.78 is 35.3. The van der Waals surface area contributed by atoms with Crippen LogP contribution in [0.3, 0.4) is 0 Å². The standard InChI is InChI=1S/C17H19N3O7S/c1-19(28(4,24)25)14-10-16(27-3)15(26-2)9-13(14)17(21)18-11-6-5-7-12(8-11)20(22)23/h5-10H,1-4H3,(H,18,21). The summed E-state index contributed by atoms with van der Waals surface area (Å²) in [4.78, 5) is 23.1. The first-order chi connectivity index (χ1) is 13.1. The Morgan fingerprint density at radius 1 is 1.14 bits per heavy atom. The predicted molar refractivity (Wildman–Crippen MR) is 104 cm³/mol. The number of nitrogens with zero attached hydrogens (tertiary/aromatic N) is 2. The number of sulfonamides is 1. The molecular weight excluding hydrogens is 390 g/mol. The van der Waals surface area contributed by atoms with Crippen molar-refractivity contribution in [2.24, 2.45) is 0 Å². The van der Waals surface area contributed by atoms with Gasteiger partial charge >= 0.3 is 0 Å². The molecule has 0 radical (unpaired) electrons. The summed E-state index contributed by atoms with van der Waals surface area (Å²) in [7, 11) is 0.368. The van der Waals surface area contributed by atoms with Gasteiger partial charge in [0.05, 0.1) is 36.6 Å². The molecule has 11 heteroatoms. The summed E-state index contributed by atoms with van der Waals surface area (Å²) in [5, 5.41) is 13.4. The van der Waals surface area contributed by atoms with Crippen LogP contribution in [0.2, 0.25) is 0 Å². The fourth-order valence-corrected chi connectivity index (χ4v) is 2.89. The second-order valence-electron chi connectivity index (χ2n) is 5.72. The molecule has 10 nitrogen and oxygen atoms in total. The molecule has 150 valence electrons. The van der Waals surface area contributed by atoms with Gasteiger partial charge in [-0.05, 0) is 12.1 Å². The van der Waals surface area contributed by atoms with E-state index in [1.165, 1.54) is 57.7 Å². The number of nitro benzene ring substituents is 1. The van der Waals surface area contributed by atoms with E-state index in [2.05, 4.69) is 5.32 Å². The summed E-state index contributed by atoms with van der Waals surface area (Å²) in [5.41, 5.74) is 0.0284. The van der Waals surface area contributed by atoms with Gasteiger partial charge < -0.3 is 14.8 Å². The number of rotatable bonds is 7. The van der Waals surface area contributed by atoms with Gasteiger partial charge in [0, 0.05) is 30.9 Å². The maximum absolute atomic E-state index is 12.8. The first-order valence-corrected chi connectivity index (χ1v) is 9.69. The number of carbonyl (C=O) groups is 1. The number of carbonyl (C=O) groups excluding carboxylic acids is 1. The number of hydrogen-bond donors (Lipinski definition) is 1. The summed E-state index contributed by atoms with van der Waals surface area (Å²) in [6.45, 7) is 0. The maximum atomic E-state index is 12.8. The zero-order valence-electron chi connectivity index (χ0n) is 15.6. The minimum absolute atomic E-state index is 0.0166. The lowest BCUT2D eigenvalue weighted by Crippen LogP contribution is -2.28. The first-order valence-electron chi connectivity index (χ1n) is 7.84. The number of hydrogen-bond acceptors (Lipinski definition) is 7. The van der Waals surface area contributed by atoms with Crippen LogP contribution in [0.5, 0.6) is 11.5 Å². The summed E-state index contributed by atoms with van der Waals surface area (Å²) in [6.07, 6.45) is 0.992. The van der Waals surface area contributed by atoms with Gasteiger partial charge in [-0.3, -0.25) is 19.2 Å². The highest BCUT2D eigenvalue weighted by molar-refractivity contribution is 7.92. The van der Waals surface area contributed by atoms with Crippen LogP contribution in [0.4, 0.5) is 17.1 Å². The van der Waals surface area contributed by atoms with Gasteiger partial charge in [-0.1, -0.05) is 6.07 Å². The Morgan fingerprint density at radius 3 is 2.29 bits per heavy atom. The van der Waals surface area contributed by atoms with Gasteiger partial charge in [-0.25, -0.2) is 8.42 Å². The smallest absolute Gasteiger partial charge is 0.271 e. The highest BCUT2D eigenvalue weighted by atomic mass is 32.2. The largest absolute Gasteiger partial charge is 0.493 e. The Labute approximate surface area is 161 Å². The van der Waals surface area contributed by atoms with Crippen molar-refractivity contribution in [3.63, 3.8) is 0 Å². The molecule has 0 aliphatic carbocycles. The number of ether oxygens (including phenoxy) is 2. The molecule has 0 aromatic heterocycles. The van der Waals surface area contributed by atoms with Crippen molar-refractivity contribution in [2.45, 2.75) is 0 Å². The second-order valence-corrected chi connectivity index (χ2v) is 7.73. The molecule has 0 aliphatic heterocycles. The van der Waals surface area contributed by atoms with Crippen LogP contribution in [0, 0.1) is 10.1 Å². The van der Waals surface area contributed by atoms with Crippen molar-refractivity contribution in [1.82, 2.24) is 0 Å². The van der Waals surface area contributed by atoms with Crippen molar-refractivity contribution in [2.75, 3.05) is 37.1 Å². The monoisotopic (exact) mass is 409 g/mol. The Bertz CT molecular complexity index is 1020. The predicted octanol–water partition coefficient (Wildman–Crippen LogP) is 2.26. The van der Waals surface area contributed by atoms with Crippen LogP contribution < -0.4 is 19.1 Å². The van der Waals surface area contributed by atoms with E-state index in [0.29, 0.717) is 0 Å². The molecule has 1 N–H and O–H groups in total. The molecular formula is C17H19N3O7S. The van der Waals surface area contributed by atoms with E-state index in [0.717, 1.165) is 10.6 Å². The van der Waals surface area contributed by atoms with Gasteiger partial charge in [0.1, 0.15) is 0 Å². The van der Waals surface area contributed by atoms with Crippen molar-refractivity contribution in [3.05, 3.63) is 52.1 Å². The van der Waals surface area contributed by atoms with Crippen LogP contribution in [-0.4, -0.2) is 46.8 Å². The quantitative estimate of drug-likeness (QED) is 0.549. The lowest BCUT2D eigenvalue weighted by molar-refractivity contribution is -0.384. The van der Waals surface area contributed by atoms with E-state index in [1.807, 2.05) is 0 Å². The van der Waals surface area contributed by atoms with Crippen LogP contribution in [0.15, 0.2) is 36.4 Å². The number of methoxy groups -OCH3 is 2. The molecule has 2 rings (SSSR count). The zero-order valence-corrected chi connectivity index (χ0v) is 16.4. The minimum atomic E-state index is -3.68. The Morgan fingerprint density at radius 2 is 1.75 bits per heavy atom. The maximum Gasteiger partial charge on any atom is 0.271 e. The summed E-state index contributed by atoms with van der Waals surface area (Å²) in [6, 6.07) is 8.08. The fourth-order valence-electron chi connectivity index (χ4n) is 2.38. The average Bonchev–Trinajstić information content (AvgIpc) is 2.65. The van der Waals surface area contributed by atoms with Crippen molar-refractivity contribution < 1.29 is 27.6 Å². The minimum Gasteiger partial charge on any atom is -0.493 e. The van der Waals surface area contributed by atoms with Gasteiger partial charge in [-0.2, -0.15) is 0 Å². The second kappa shape index (κ2) is 8.13. The van der Waals surface area contributed by atoms with Crippen LogP contribution in [0.25, 0.3) is 0 Å². The Hall–Kier alpha value is -3.34. The van der Waals surface area contributed by atoms with Crippen molar-refractivity contribution in [3.8, 4) is 11.5 Å². The highest BCUT2D eigenvalue weighted by Crippen LogP contribution is 2.36. The third-order valence-corrected chi connectivity index (χ3v) is 5.09. The number of nitro groups is 1. The number of anilines is 2.